The van der Waals surface area contributed by atoms with Crippen molar-refractivity contribution < 1.29 is 17.9 Å². The molecule has 36 heavy (non-hydrogen) atoms. The van der Waals surface area contributed by atoms with E-state index in [1.165, 1.54) is 12.3 Å². The summed E-state index contributed by atoms with van der Waals surface area (Å²) in [6.45, 7) is -0.508. The highest BCUT2D eigenvalue weighted by Crippen LogP contribution is 2.46. The summed E-state index contributed by atoms with van der Waals surface area (Å²) in [6, 6.07) is 20.6. The van der Waals surface area contributed by atoms with Crippen LogP contribution < -0.4 is 14.5 Å². The molecule has 1 amide bonds. The van der Waals surface area contributed by atoms with E-state index in [1.807, 2.05) is 0 Å². The minimum Gasteiger partial charge on any atom is -0.497 e. The van der Waals surface area contributed by atoms with Crippen LogP contribution in [0, 0.1) is 0 Å². The highest BCUT2D eigenvalue weighted by Gasteiger charge is 2.39. The van der Waals surface area contributed by atoms with Gasteiger partial charge in [0.1, 0.15) is 23.7 Å². The van der Waals surface area contributed by atoms with Crippen LogP contribution in [0.25, 0.3) is 22.5 Å². The van der Waals surface area contributed by atoms with E-state index in [2.05, 4.69) is 20.7 Å². The molecule has 0 saturated carbocycles. The molecule has 0 saturated heterocycles. The number of hydrogen-bond donors (Lipinski definition) is 2. The Morgan fingerprint density at radius 2 is 1.94 bits per heavy atom. The maximum Gasteiger partial charge on any atom is 0.265 e. The Kier molecular flexibility index (Phi) is 6.21. The first-order chi connectivity index (χ1) is 17.4. The van der Waals surface area contributed by atoms with Crippen molar-refractivity contribution >= 4 is 39.4 Å². The fourth-order valence-corrected chi connectivity index (χ4v) is 5.80. The summed E-state index contributed by atoms with van der Waals surface area (Å²) in [7, 11) is -2.52. The van der Waals surface area contributed by atoms with Crippen molar-refractivity contribution in [2.75, 3.05) is 18.0 Å². The van der Waals surface area contributed by atoms with Gasteiger partial charge in [-0.25, -0.2) is 13.8 Å². The Morgan fingerprint density at radius 1 is 1.14 bits per heavy atom. The lowest BCUT2D eigenvalue weighted by Gasteiger charge is -2.29. The van der Waals surface area contributed by atoms with E-state index in [-0.39, 0.29) is 10.6 Å². The number of ether oxygens (including phenoxy) is 1. The molecule has 5 rings (SSSR count). The molecule has 0 radical (unpaired) electrons. The van der Waals surface area contributed by atoms with E-state index in [0.29, 0.717) is 38.9 Å². The first kappa shape index (κ1) is 23.6. The predicted molar refractivity (Wildman–Crippen MR) is 138 cm³/mol. The van der Waals surface area contributed by atoms with Gasteiger partial charge in [0.2, 0.25) is 0 Å². The van der Waals surface area contributed by atoms with E-state index in [4.69, 9.17) is 16.3 Å². The Balaban J connectivity index is 1.50. The van der Waals surface area contributed by atoms with Gasteiger partial charge in [0.05, 0.1) is 23.9 Å². The number of halogens is 1. The second kappa shape index (κ2) is 9.48. The number of methoxy groups -OCH3 is 1. The van der Waals surface area contributed by atoms with E-state index in [0.717, 1.165) is 4.31 Å². The van der Waals surface area contributed by atoms with Crippen LogP contribution in [0.4, 0.5) is 5.69 Å². The zero-order chi connectivity index (χ0) is 25.3. The number of fused-ring (bicyclic) bond motifs is 3. The van der Waals surface area contributed by atoms with Gasteiger partial charge < -0.3 is 4.74 Å². The molecular weight excluding hydrogens is 502 g/mol. The number of carbonyl (C=O) groups excluding carboxylic acids is 1. The van der Waals surface area contributed by atoms with Crippen LogP contribution in [0.3, 0.4) is 0 Å². The molecular formula is C25H20ClN5O4S. The zero-order valence-corrected chi connectivity index (χ0v) is 20.5. The van der Waals surface area contributed by atoms with Crippen LogP contribution in [-0.2, 0) is 14.8 Å². The number of aromatic nitrogens is 2. The lowest BCUT2D eigenvalue weighted by atomic mass is 10.1. The van der Waals surface area contributed by atoms with Crippen LogP contribution in [0.2, 0.25) is 5.02 Å². The summed E-state index contributed by atoms with van der Waals surface area (Å²) < 4.78 is 33.5. The zero-order valence-electron chi connectivity index (χ0n) is 19.0. The number of H-pyrrole nitrogens is 1. The van der Waals surface area contributed by atoms with Gasteiger partial charge in [-0.15, -0.1) is 0 Å². The standard InChI is InChI=1S/C25H20ClN5O4S/c1-35-19-9-4-6-16(12-19)14-27-28-22(32)15-31-25-23(17-7-5-8-18(26)13-17)29-30-24(25)20-10-2-3-11-21(20)36(31,33)34/h2-14H,15H2,1H3,(H,28,32)(H,29,30). The normalized spacial score (nSPS) is 13.8. The maximum atomic E-state index is 13.6. The molecule has 1 aromatic heterocycles. The topological polar surface area (TPSA) is 117 Å². The molecule has 1 aliphatic heterocycles. The van der Waals surface area contributed by atoms with Gasteiger partial charge in [-0.3, -0.25) is 14.2 Å². The number of rotatable bonds is 6. The third-order valence-corrected chi connectivity index (χ3v) is 7.64. The number of nitrogens with zero attached hydrogens (tertiary/aromatic N) is 3. The van der Waals surface area contributed by atoms with Gasteiger partial charge in [-0.05, 0) is 35.9 Å². The first-order valence-corrected chi connectivity index (χ1v) is 12.6. The van der Waals surface area contributed by atoms with E-state index in [1.54, 1.807) is 73.8 Å². The number of hydrogen-bond acceptors (Lipinski definition) is 6. The van der Waals surface area contributed by atoms with Crippen molar-refractivity contribution in [2.24, 2.45) is 5.10 Å². The Bertz CT molecular complexity index is 1600. The number of amides is 1. The van der Waals surface area contributed by atoms with Crippen LogP contribution in [0.15, 0.2) is 82.8 Å². The summed E-state index contributed by atoms with van der Waals surface area (Å²) in [6.07, 6.45) is 1.45. The third-order valence-electron chi connectivity index (χ3n) is 5.60. The Hall–Kier alpha value is -4.15. The van der Waals surface area contributed by atoms with Gasteiger partial charge in [-0.2, -0.15) is 10.2 Å². The van der Waals surface area contributed by atoms with Crippen molar-refractivity contribution in [3.63, 3.8) is 0 Å². The minimum absolute atomic E-state index is 0.0754. The molecule has 0 spiro atoms. The van der Waals surface area contributed by atoms with Crippen LogP contribution in [0.1, 0.15) is 5.56 Å². The number of sulfonamides is 1. The summed E-state index contributed by atoms with van der Waals surface area (Å²) in [5, 5.41) is 11.8. The van der Waals surface area contributed by atoms with Gasteiger partial charge in [-0.1, -0.05) is 54.1 Å². The fourth-order valence-electron chi connectivity index (χ4n) is 3.97. The second-order valence-electron chi connectivity index (χ2n) is 7.88. The van der Waals surface area contributed by atoms with Crippen molar-refractivity contribution in [1.29, 1.82) is 0 Å². The molecule has 4 aromatic rings. The molecule has 182 valence electrons. The average molecular weight is 522 g/mol. The minimum atomic E-state index is -4.08. The number of carbonyl (C=O) groups is 1. The van der Waals surface area contributed by atoms with Crippen molar-refractivity contribution in [3.8, 4) is 28.3 Å². The molecule has 0 fully saturated rings. The predicted octanol–water partition coefficient (Wildman–Crippen LogP) is 4.06. The third kappa shape index (κ3) is 4.32. The lowest BCUT2D eigenvalue weighted by molar-refractivity contribution is -0.119. The molecule has 0 unspecified atom stereocenters. The molecule has 1 aliphatic rings. The maximum absolute atomic E-state index is 13.6. The van der Waals surface area contributed by atoms with Crippen LogP contribution >= 0.6 is 11.6 Å². The Morgan fingerprint density at radius 3 is 2.75 bits per heavy atom. The SMILES string of the molecule is COc1cccc(C=NNC(=O)CN2c3c(-c4cccc(Cl)c4)n[nH]c3-c3ccccc3S2(=O)=O)c1. The van der Waals surface area contributed by atoms with Gasteiger partial charge in [0, 0.05) is 16.1 Å². The number of hydrazone groups is 1. The van der Waals surface area contributed by atoms with E-state index < -0.39 is 22.5 Å². The molecule has 0 aliphatic carbocycles. The molecule has 0 atom stereocenters. The van der Waals surface area contributed by atoms with Gasteiger partial charge >= 0.3 is 0 Å². The molecule has 11 heteroatoms. The second-order valence-corrected chi connectivity index (χ2v) is 10.2. The monoisotopic (exact) mass is 521 g/mol. The van der Waals surface area contributed by atoms with Crippen molar-refractivity contribution in [1.82, 2.24) is 15.6 Å². The summed E-state index contributed by atoms with van der Waals surface area (Å²) >= 11 is 6.17. The molecule has 3 aromatic carbocycles. The van der Waals surface area contributed by atoms with Crippen molar-refractivity contribution in [3.05, 3.63) is 83.4 Å². The number of anilines is 1. The van der Waals surface area contributed by atoms with Gasteiger partial charge in [0.25, 0.3) is 15.9 Å². The first-order valence-electron chi connectivity index (χ1n) is 10.8. The van der Waals surface area contributed by atoms with E-state index in [9.17, 15) is 13.2 Å². The highest BCUT2D eigenvalue weighted by molar-refractivity contribution is 7.93. The smallest absolute Gasteiger partial charge is 0.265 e. The molecule has 0 bridgehead atoms. The molecule has 2 N–H and O–H groups in total. The summed E-state index contributed by atoms with van der Waals surface area (Å²) in [5.74, 6) is 0.0191. The lowest BCUT2D eigenvalue weighted by Crippen LogP contribution is -2.41. The van der Waals surface area contributed by atoms with Gasteiger partial charge in [0.15, 0.2) is 0 Å². The van der Waals surface area contributed by atoms with E-state index >= 15 is 0 Å². The van der Waals surface area contributed by atoms with Crippen molar-refractivity contribution in [2.45, 2.75) is 4.90 Å². The fraction of sp³-hybridized carbons (Fsp3) is 0.0800. The quantitative estimate of drug-likeness (QED) is 0.293. The van der Waals surface area contributed by atoms with Crippen LogP contribution in [0.5, 0.6) is 5.75 Å². The Labute approximate surface area is 212 Å². The van der Waals surface area contributed by atoms with Crippen LogP contribution in [-0.4, -0.2) is 44.4 Å². The summed E-state index contributed by atoms with van der Waals surface area (Å²) in [5.41, 5.74) is 5.30. The highest BCUT2D eigenvalue weighted by atomic mass is 35.5. The average Bonchev–Trinajstić information content (AvgIpc) is 3.32. The molecule has 9 nitrogen and oxygen atoms in total. The molecule has 2 heterocycles. The number of benzene rings is 3. The number of aromatic amines is 1. The largest absolute Gasteiger partial charge is 0.497 e. The number of nitrogens with one attached hydrogen (secondary N) is 2. The summed E-state index contributed by atoms with van der Waals surface area (Å²) in [4.78, 5) is 12.9.